The van der Waals surface area contributed by atoms with Crippen LogP contribution in [0.25, 0.3) is 0 Å². The second kappa shape index (κ2) is 9.54. The lowest BCUT2D eigenvalue weighted by molar-refractivity contribution is -0.286. The van der Waals surface area contributed by atoms with Crippen LogP contribution in [0, 0.1) is 0 Å². The maximum absolute atomic E-state index is 13.4. The molecule has 200 valence electrons. The first-order valence-corrected chi connectivity index (χ1v) is 12.8. The smallest absolute Gasteiger partial charge is 0.492 e. The van der Waals surface area contributed by atoms with Gasteiger partial charge >= 0.3 is 6.29 Å². The molecule has 0 aliphatic carbocycles. The van der Waals surface area contributed by atoms with E-state index in [9.17, 15) is 23.2 Å². The van der Waals surface area contributed by atoms with Gasteiger partial charge in [-0.05, 0) is 67.3 Å². The zero-order chi connectivity index (χ0) is 26.4. The Bertz CT molecular complexity index is 1300. The van der Waals surface area contributed by atoms with E-state index in [1.807, 2.05) is 6.07 Å². The number of carbonyl (C=O) groups excluding carboxylic acids is 3. The van der Waals surface area contributed by atoms with Crippen molar-refractivity contribution < 1.29 is 37.4 Å². The van der Waals surface area contributed by atoms with Crippen molar-refractivity contribution in [2.75, 3.05) is 13.2 Å². The first-order chi connectivity index (χ1) is 18.3. The van der Waals surface area contributed by atoms with Gasteiger partial charge < -0.3 is 19.1 Å². The van der Waals surface area contributed by atoms with E-state index >= 15 is 0 Å². The van der Waals surface area contributed by atoms with Gasteiger partial charge in [-0.25, -0.2) is 0 Å². The Hall–Kier alpha value is -3.73. The largest absolute Gasteiger partial charge is 0.586 e. The second-order valence-electron chi connectivity index (χ2n) is 10.1. The molecule has 0 spiro atoms. The molecule has 0 aromatic heterocycles. The summed E-state index contributed by atoms with van der Waals surface area (Å²) in [5.41, 5.74) is 2.17. The number of hydrogen-bond donors (Lipinski definition) is 1. The van der Waals surface area contributed by atoms with Crippen LogP contribution in [0.1, 0.15) is 53.6 Å². The monoisotopic (exact) mass is 527 g/mol. The molecular formula is C27H27F2N3O6. The zero-order valence-corrected chi connectivity index (χ0v) is 20.6. The molecule has 0 bridgehead atoms. The number of nitrogens with one attached hydrogen (secondary N) is 1. The van der Waals surface area contributed by atoms with Gasteiger partial charge in [-0.15, -0.1) is 8.78 Å². The van der Waals surface area contributed by atoms with Crippen LogP contribution in [0.3, 0.4) is 0 Å². The molecule has 38 heavy (non-hydrogen) atoms. The topological polar surface area (TPSA) is 97.4 Å². The van der Waals surface area contributed by atoms with E-state index in [1.165, 1.54) is 11.0 Å². The minimum absolute atomic E-state index is 0.0311. The lowest BCUT2D eigenvalue weighted by Gasteiger charge is -2.35. The highest BCUT2D eigenvalue weighted by molar-refractivity contribution is 6.05. The maximum atomic E-state index is 13.4. The van der Waals surface area contributed by atoms with Gasteiger partial charge in [0.25, 0.3) is 5.91 Å². The van der Waals surface area contributed by atoms with Gasteiger partial charge in [0.2, 0.25) is 11.8 Å². The molecule has 4 heterocycles. The van der Waals surface area contributed by atoms with E-state index in [4.69, 9.17) is 4.74 Å². The highest BCUT2D eigenvalue weighted by atomic mass is 19.3. The molecule has 2 fully saturated rings. The van der Waals surface area contributed by atoms with Crippen LogP contribution >= 0.6 is 0 Å². The second-order valence-corrected chi connectivity index (χ2v) is 10.1. The summed E-state index contributed by atoms with van der Waals surface area (Å²) in [5.74, 6) is -0.270. The number of piperidine rings is 2. The van der Waals surface area contributed by atoms with Crippen LogP contribution < -0.4 is 19.5 Å². The van der Waals surface area contributed by atoms with Crippen molar-refractivity contribution in [2.24, 2.45) is 0 Å². The number of amides is 3. The van der Waals surface area contributed by atoms with Crippen molar-refractivity contribution in [1.29, 1.82) is 0 Å². The summed E-state index contributed by atoms with van der Waals surface area (Å²) in [6.07, 6.45) is -0.0660. The molecule has 2 aromatic carbocycles. The van der Waals surface area contributed by atoms with Crippen molar-refractivity contribution >= 4 is 17.7 Å². The summed E-state index contributed by atoms with van der Waals surface area (Å²) in [7, 11) is 0. The standard InChI is InChI=1S/C27H27F2N3O6/c28-27(29)37-22-8-4-16(11-23(22)38-27)13-31-10-2-1-3-18(31)15-36-19-5-6-20-17(12-19)14-32(26(20)35)21-7-9-24(33)30-25(21)34/h4-6,8,11-12,18,21H,1-3,7,9-10,13-15H2,(H,30,33,34)/t18-,21?/m1/s1. The van der Waals surface area contributed by atoms with Crippen LogP contribution in [0.5, 0.6) is 17.2 Å². The number of alkyl halides is 2. The molecule has 11 heteroatoms. The molecule has 4 aliphatic heterocycles. The molecule has 0 radical (unpaired) electrons. The Morgan fingerprint density at radius 3 is 2.71 bits per heavy atom. The normalized spacial score (nSPS) is 24.4. The highest BCUT2D eigenvalue weighted by Crippen LogP contribution is 2.41. The summed E-state index contributed by atoms with van der Waals surface area (Å²) in [5, 5.41) is 2.31. The van der Waals surface area contributed by atoms with Gasteiger partial charge in [-0.1, -0.05) is 12.5 Å². The summed E-state index contributed by atoms with van der Waals surface area (Å²) >= 11 is 0. The summed E-state index contributed by atoms with van der Waals surface area (Å²) in [4.78, 5) is 40.5. The van der Waals surface area contributed by atoms with Crippen molar-refractivity contribution in [3.63, 3.8) is 0 Å². The maximum Gasteiger partial charge on any atom is 0.586 e. The van der Waals surface area contributed by atoms with Crippen LogP contribution in [0.15, 0.2) is 36.4 Å². The lowest BCUT2D eigenvalue weighted by atomic mass is 10.0. The van der Waals surface area contributed by atoms with E-state index in [0.29, 0.717) is 30.9 Å². The molecule has 1 unspecified atom stereocenters. The molecule has 6 rings (SSSR count). The third kappa shape index (κ3) is 4.78. The highest BCUT2D eigenvalue weighted by Gasteiger charge is 2.43. The number of ether oxygens (including phenoxy) is 3. The number of likely N-dealkylation sites (tertiary alicyclic amines) is 1. The molecule has 3 amide bonds. The van der Waals surface area contributed by atoms with Crippen LogP contribution in [-0.4, -0.2) is 59.1 Å². The minimum atomic E-state index is -3.64. The molecule has 2 atom stereocenters. The van der Waals surface area contributed by atoms with Gasteiger partial charge in [-0.3, -0.25) is 24.6 Å². The fraction of sp³-hybridized carbons (Fsp3) is 0.444. The molecule has 0 saturated carbocycles. The van der Waals surface area contributed by atoms with E-state index in [0.717, 1.165) is 36.9 Å². The van der Waals surface area contributed by atoms with Gasteiger partial charge in [0.1, 0.15) is 18.4 Å². The minimum Gasteiger partial charge on any atom is -0.492 e. The molecule has 9 nitrogen and oxygen atoms in total. The Balaban J connectivity index is 1.09. The Labute approximate surface area is 217 Å². The number of imide groups is 1. The van der Waals surface area contributed by atoms with E-state index in [1.54, 1.807) is 24.3 Å². The quantitative estimate of drug-likeness (QED) is 0.577. The van der Waals surface area contributed by atoms with Crippen molar-refractivity contribution in [3.05, 3.63) is 53.1 Å². The van der Waals surface area contributed by atoms with Crippen molar-refractivity contribution in [1.82, 2.24) is 15.1 Å². The van der Waals surface area contributed by atoms with Crippen molar-refractivity contribution in [2.45, 2.75) is 63.6 Å². The number of fused-ring (bicyclic) bond motifs is 2. The number of carbonyl (C=O) groups is 3. The van der Waals surface area contributed by atoms with Crippen molar-refractivity contribution in [3.8, 4) is 17.2 Å². The lowest BCUT2D eigenvalue weighted by Crippen LogP contribution is -2.52. The average molecular weight is 528 g/mol. The van der Waals surface area contributed by atoms with Crippen LogP contribution in [-0.2, 0) is 22.7 Å². The number of benzene rings is 2. The molecule has 2 aromatic rings. The van der Waals surface area contributed by atoms with E-state index in [-0.39, 0.29) is 42.3 Å². The van der Waals surface area contributed by atoms with E-state index < -0.39 is 18.2 Å². The summed E-state index contributed by atoms with van der Waals surface area (Å²) in [6.45, 7) is 2.15. The molecular weight excluding hydrogens is 500 g/mol. The summed E-state index contributed by atoms with van der Waals surface area (Å²) < 4.78 is 42.0. The van der Waals surface area contributed by atoms with E-state index in [2.05, 4.69) is 19.7 Å². The zero-order valence-electron chi connectivity index (χ0n) is 20.6. The van der Waals surface area contributed by atoms with Gasteiger partial charge in [0.15, 0.2) is 11.5 Å². The Morgan fingerprint density at radius 1 is 1.03 bits per heavy atom. The van der Waals surface area contributed by atoms with Gasteiger partial charge in [0, 0.05) is 31.1 Å². The number of nitrogens with zero attached hydrogens (tertiary/aromatic N) is 2. The first kappa shape index (κ1) is 24.6. The first-order valence-electron chi connectivity index (χ1n) is 12.8. The van der Waals surface area contributed by atoms with Gasteiger partial charge in [-0.2, -0.15) is 0 Å². The summed E-state index contributed by atoms with van der Waals surface area (Å²) in [6, 6.07) is 9.65. The SMILES string of the molecule is O=C1CCC(N2Cc3cc(OC[C@H]4CCCCN4Cc4ccc5c(c4)OC(F)(F)O5)ccc3C2=O)C(=O)N1. The number of rotatable bonds is 6. The van der Waals surface area contributed by atoms with Crippen LogP contribution in [0.4, 0.5) is 8.78 Å². The van der Waals surface area contributed by atoms with Gasteiger partial charge in [0.05, 0.1) is 0 Å². The molecule has 4 aliphatic rings. The molecule has 2 saturated heterocycles. The number of hydrogen-bond acceptors (Lipinski definition) is 7. The number of halogens is 2. The fourth-order valence-corrected chi connectivity index (χ4v) is 5.62. The average Bonchev–Trinajstić information content (AvgIpc) is 3.37. The predicted molar refractivity (Wildman–Crippen MR) is 129 cm³/mol. The predicted octanol–water partition coefficient (Wildman–Crippen LogP) is 3.20. The Morgan fingerprint density at radius 2 is 1.87 bits per heavy atom. The third-order valence-electron chi connectivity index (χ3n) is 7.54. The molecule has 1 N–H and O–H groups in total. The third-order valence-corrected chi connectivity index (χ3v) is 7.54. The fourth-order valence-electron chi connectivity index (χ4n) is 5.62. The Kier molecular flexibility index (Phi) is 6.17. The van der Waals surface area contributed by atoms with Crippen LogP contribution in [0.2, 0.25) is 0 Å².